The van der Waals surface area contributed by atoms with Crippen molar-refractivity contribution in [1.29, 1.82) is 0 Å². The molecule has 4 rings (SSSR count). The molecular formula is C22H27N3O3. The molecule has 2 heterocycles. The van der Waals surface area contributed by atoms with Gasteiger partial charge in [0, 0.05) is 30.2 Å². The fourth-order valence-electron chi connectivity index (χ4n) is 4.90. The number of fused-ring (bicyclic) bond motifs is 1. The van der Waals surface area contributed by atoms with Crippen molar-refractivity contribution >= 4 is 17.7 Å². The molecule has 3 atom stereocenters. The number of ketones is 1. The van der Waals surface area contributed by atoms with Crippen molar-refractivity contribution in [2.45, 2.75) is 52.6 Å². The smallest absolute Gasteiger partial charge is 0.325 e. The average molecular weight is 381 g/mol. The zero-order valence-electron chi connectivity index (χ0n) is 16.8. The van der Waals surface area contributed by atoms with Crippen LogP contribution in [-0.4, -0.2) is 35.3 Å². The number of hydrogen-bond donors (Lipinski definition) is 2. The minimum absolute atomic E-state index is 0.0931. The zero-order valence-corrected chi connectivity index (χ0v) is 16.8. The summed E-state index contributed by atoms with van der Waals surface area (Å²) in [5.41, 5.74) is 3.52. The number of nitrogens with zero attached hydrogens (tertiary/aromatic N) is 1. The highest BCUT2D eigenvalue weighted by Gasteiger charge is 2.53. The van der Waals surface area contributed by atoms with Crippen molar-refractivity contribution in [3.05, 3.63) is 46.7 Å². The van der Waals surface area contributed by atoms with Crippen molar-refractivity contribution in [1.82, 2.24) is 15.5 Å². The second-order valence-electron chi connectivity index (χ2n) is 8.92. The van der Waals surface area contributed by atoms with Crippen LogP contribution in [0.2, 0.25) is 0 Å². The first-order chi connectivity index (χ1) is 13.2. The number of urea groups is 1. The molecule has 1 aromatic carbocycles. The number of amides is 3. The normalized spacial score (nSPS) is 29.1. The number of carbonyl (C=O) groups is 3. The summed E-state index contributed by atoms with van der Waals surface area (Å²) in [6.45, 7) is 8.56. The number of rotatable bonds is 2. The molecule has 6 nitrogen and oxygen atoms in total. The molecule has 2 N–H and O–H groups in total. The number of hydrogen-bond acceptors (Lipinski definition) is 4. The first kappa shape index (κ1) is 18.7. The maximum Gasteiger partial charge on any atom is 0.325 e. The maximum absolute atomic E-state index is 13.2. The predicted octanol–water partition coefficient (Wildman–Crippen LogP) is 2.84. The van der Waals surface area contributed by atoms with Gasteiger partial charge in [0.2, 0.25) is 5.91 Å². The number of benzene rings is 1. The summed E-state index contributed by atoms with van der Waals surface area (Å²) in [4.78, 5) is 40.2. The maximum atomic E-state index is 13.2. The molecule has 1 saturated heterocycles. The molecule has 0 saturated carbocycles. The van der Waals surface area contributed by atoms with E-state index in [1.54, 1.807) is 4.90 Å². The lowest BCUT2D eigenvalue weighted by atomic mass is 9.65. The second kappa shape index (κ2) is 6.47. The number of imide groups is 1. The minimum atomic E-state index is -0.538. The van der Waals surface area contributed by atoms with Crippen molar-refractivity contribution in [2.24, 2.45) is 11.3 Å². The lowest BCUT2D eigenvalue weighted by Gasteiger charge is -2.50. The van der Waals surface area contributed by atoms with Gasteiger partial charge in [-0.15, -0.1) is 0 Å². The summed E-state index contributed by atoms with van der Waals surface area (Å²) in [5, 5.41) is 5.91. The molecule has 0 aromatic heterocycles. The lowest BCUT2D eigenvalue weighted by Crippen LogP contribution is -2.68. The van der Waals surface area contributed by atoms with Gasteiger partial charge < -0.3 is 10.2 Å². The molecule has 0 bridgehead atoms. The van der Waals surface area contributed by atoms with E-state index >= 15 is 0 Å². The number of Topliss-reactive ketones (excluding diaryl/α,β-unsaturated/α-hetero) is 1. The molecule has 3 aliphatic rings. The van der Waals surface area contributed by atoms with Gasteiger partial charge in [0.25, 0.3) is 0 Å². The Morgan fingerprint density at radius 3 is 2.43 bits per heavy atom. The van der Waals surface area contributed by atoms with E-state index < -0.39 is 12.1 Å². The zero-order chi connectivity index (χ0) is 20.2. The van der Waals surface area contributed by atoms with Crippen LogP contribution < -0.4 is 10.6 Å². The largest absolute Gasteiger partial charge is 0.367 e. The molecule has 0 radical (unpaired) electrons. The highest BCUT2D eigenvalue weighted by molar-refractivity contribution is 6.04. The first-order valence-corrected chi connectivity index (χ1v) is 9.92. The van der Waals surface area contributed by atoms with Crippen molar-refractivity contribution in [3.63, 3.8) is 0 Å². The van der Waals surface area contributed by atoms with Gasteiger partial charge >= 0.3 is 6.03 Å². The molecular weight excluding hydrogens is 354 g/mol. The van der Waals surface area contributed by atoms with E-state index in [1.165, 1.54) is 0 Å². The quantitative estimate of drug-likeness (QED) is 0.826. The van der Waals surface area contributed by atoms with E-state index in [2.05, 4.69) is 24.5 Å². The van der Waals surface area contributed by atoms with Crippen molar-refractivity contribution in [2.75, 3.05) is 6.54 Å². The van der Waals surface area contributed by atoms with E-state index in [9.17, 15) is 14.4 Å². The predicted molar refractivity (Wildman–Crippen MR) is 105 cm³/mol. The number of aryl methyl sites for hydroxylation is 1. The molecule has 148 valence electrons. The van der Waals surface area contributed by atoms with Crippen LogP contribution in [0.3, 0.4) is 0 Å². The van der Waals surface area contributed by atoms with Gasteiger partial charge in [-0.05, 0) is 31.2 Å². The summed E-state index contributed by atoms with van der Waals surface area (Å²) < 4.78 is 0. The van der Waals surface area contributed by atoms with Crippen LogP contribution in [0.15, 0.2) is 35.5 Å². The molecule has 1 fully saturated rings. The standard InChI is InChI=1S/C22H27N3O3/c1-5-25-19-18(20(27)24-21(25)28)16(13-8-6-12(2)7-9-13)17-14(23-19)10-22(3,4)11-15(17)26/h6-9,16,18-19,23H,5,10-11H2,1-4H3,(H,24,27,28). The van der Waals surface area contributed by atoms with Gasteiger partial charge in [0.05, 0.1) is 5.92 Å². The van der Waals surface area contributed by atoms with Crippen molar-refractivity contribution in [3.8, 4) is 0 Å². The highest BCUT2D eigenvalue weighted by Crippen LogP contribution is 2.48. The summed E-state index contributed by atoms with van der Waals surface area (Å²) in [7, 11) is 0. The topological polar surface area (TPSA) is 78.5 Å². The monoisotopic (exact) mass is 381 g/mol. The van der Waals surface area contributed by atoms with E-state index in [-0.39, 0.29) is 29.1 Å². The Kier molecular flexibility index (Phi) is 4.32. The SMILES string of the molecule is CCN1C(=O)NC(=O)C2C(c3ccc(C)cc3)C3=C(CC(C)(C)CC3=O)NC21. The van der Waals surface area contributed by atoms with Gasteiger partial charge in [-0.3, -0.25) is 14.9 Å². The molecule has 2 aliphatic heterocycles. The Bertz CT molecular complexity index is 885. The highest BCUT2D eigenvalue weighted by atomic mass is 16.2. The Hall–Kier alpha value is -2.63. The van der Waals surface area contributed by atoms with Crippen molar-refractivity contribution < 1.29 is 14.4 Å². The van der Waals surface area contributed by atoms with Crippen LogP contribution in [0, 0.1) is 18.3 Å². The van der Waals surface area contributed by atoms with Gasteiger partial charge in [0.1, 0.15) is 6.17 Å². The van der Waals surface area contributed by atoms with Crippen LogP contribution in [-0.2, 0) is 9.59 Å². The van der Waals surface area contributed by atoms with Crippen LogP contribution in [0.5, 0.6) is 0 Å². The molecule has 6 heteroatoms. The van der Waals surface area contributed by atoms with E-state index in [0.717, 1.165) is 23.2 Å². The van der Waals surface area contributed by atoms with Gasteiger partial charge in [0.15, 0.2) is 5.78 Å². The van der Waals surface area contributed by atoms with E-state index in [1.807, 2.05) is 38.1 Å². The third-order valence-corrected chi connectivity index (χ3v) is 6.16. The van der Waals surface area contributed by atoms with Crippen LogP contribution in [0.4, 0.5) is 4.79 Å². The van der Waals surface area contributed by atoms with Gasteiger partial charge in [-0.25, -0.2) is 4.79 Å². The Balaban J connectivity index is 1.90. The fraction of sp³-hybridized carbons (Fsp3) is 0.500. The van der Waals surface area contributed by atoms with Crippen LogP contribution in [0.25, 0.3) is 0 Å². The van der Waals surface area contributed by atoms with E-state index in [0.29, 0.717) is 18.5 Å². The lowest BCUT2D eigenvalue weighted by molar-refractivity contribution is -0.130. The molecule has 3 amide bonds. The summed E-state index contributed by atoms with van der Waals surface area (Å²) in [5.74, 6) is -1.12. The third-order valence-electron chi connectivity index (χ3n) is 6.16. The summed E-state index contributed by atoms with van der Waals surface area (Å²) in [6, 6.07) is 7.63. The first-order valence-electron chi connectivity index (χ1n) is 9.92. The second-order valence-corrected chi connectivity index (χ2v) is 8.92. The molecule has 1 aliphatic carbocycles. The number of nitrogens with one attached hydrogen (secondary N) is 2. The molecule has 3 unspecified atom stereocenters. The number of allylic oxidation sites excluding steroid dienone is 2. The summed E-state index contributed by atoms with van der Waals surface area (Å²) >= 11 is 0. The van der Waals surface area contributed by atoms with Gasteiger partial charge in [-0.1, -0.05) is 43.7 Å². The Morgan fingerprint density at radius 1 is 1.11 bits per heavy atom. The van der Waals surface area contributed by atoms with Crippen LogP contribution in [0.1, 0.15) is 50.7 Å². The average Bonchev–Trinajstić information content (AvgIpc) is 2.60. The Morgan fingerprint density at radius 2 is 1.79 bits per heavy atom. The fourth-order valence-corrected chi connectivity index (χ4v) is 4.90. The van der Waals surface area contributed by atoms with E-state index in [4.69, 9.17) is 0 Å². The minimum Gasteiger partial charge on any atom is -0.367 e. The van der Waals surface area contributed by atoms with Crippen LogP contribution >= 0.6 is 0 Å². The Labute approximate surface area is 165 Å². The third kappa shape index (κ3) is 2.91. The number of carbonyl (C=O) groups excluding carboxylic acids is 3. The molecule has 28 heavy (non-hydrogen) atoms. The summed E-state index contributed by atoms with van der Waals surface area (Å²) in [6.07, 6.45) is 0.746. The molecule has 0 spiro atoms. The molecule has 1 aromatic rings. The van der Waals surface area contributed by atoms with Gasteiger partial charge in [-0.2, -0.15) is 0 Å².